The predicted molar refractivity (Wildman–Crippen MR) is 76.1 cm³/mol. The molecule has 2 rings (SSSR count). The van der Waals surface area contributed by atoms with Crippen LogP contribution in [0.1, 0.15) is 18.4 Å². The van der Waals surface area contributed by atoms with Gasteiger partial charge in [-0.15, -0.1) is 0 Å². The molecule has 0 radical (unpaired) electrons. The van der Waals surface area contributed by atoms with E-state index < -0.39 is 7.12 Å². The van der Waals surface area contributed by atoms with E-state index in [-0.39, 0.29) is 0 Å². The first-order valence-electron chi connectivity index (χ1n) is 6.85. The molecule has 1 aromatic carbocycles. The number of likely N-dealkylation sites (tertiary alicyclic amines) is 1. The lowest BCUT2D eigenvalue weighted by Gasteiger charge is -2.32. The van der Waals surface area contributed by atoms with Crippen molar-refractivity contribution in [1.82, 2.24) is 4.90 Å². The molecule has 2 N–H and O–H groups in total. The summed E-state index contributed by atoms with van der Waals surface area (Å²) < 4.78 is 5.24. The van der Waals surface area contributed by atoms with Gasteiger partial charge in [0.2, 0.25) is 0 Å². The van der Waals surface area contributed by atoms with E-state index >= 15 is 0 Å². The maximum absolute atomic E-state index is 9.06. The maximum atomic E-state index is 9.06. The Morgan fingerprint density at radius 3 is 2.68 bits per heavy atom. The van der Waals surface area contributed by atoms with Crippen molar-refractivity contribution in [1.29, 1.82) is 0 Å². The highest BCUT2D eigenvalue weighted by Crippen LogP contribution is 2.18. The average Bonchev–Trinajstić information content (AvgIpc) is 2.40. The average molecular weight is 263 g/mol. The van der Waals surface area contributed by atoms with Gasteiger partial charge < -0.3 is 14.8 Å². The van der Waals surface area contributed by atoms with Crippen molar-refractivity contribution >= 4 is 12.6 Å². The third kappa shape index (κ3) is 4.32. The Hall–Kier alpha value is -0.875. The summed E-state index contributed by atoms with van der Waals surface area (Å²) in [6, 6.07) is 7.48. The summed E-state index contributed by atoms with van der Waals surface area (Å²) in [4.78, 5) is 2.44. The summed E-state index contributed by atoms with van der Waals surface area (Å²) in [6.45, 7) is 3.97. The number of rotatable bonds is 5. The molecule has 0 amide bonds. The van der Waals surface area contributed by atoms with Crippen LogP contribution in [0.25, 0.3) is 0 Å². The van der Waals surface area contributed by atoms with Crippen molar-refractivity contribution in [3.05, 3.63) is 29.8 Å². The molecule has 4 nitrogen and oxygen atoms in total. The number of methoxy groups -OCH3 is 1. The second kappa shape index (κ2) is 7.05. The van der Waals surface area contributed by atoms with Crippen molar-refractivity contribution in [2.75, 3.05) is 26.8 Å². The Morgan fingerprint density at radius 2 is 2.05 bits per heavy atom. The Labute approximate surface area is 115 Å². The van der Waals surface area contributed by atoms with Gasteiger partial charge in [0, 0.05) is 20.2 Å². The van der Waals surface area contributed by atoms with E-state index in [9.17, 15) is 0 Å². The van der Waals surface area contributed by atoms with Crippen LogP contribution in [0.3, 0.4) is 0 Å². The van der Waals surface area contributed by atoms with Gasteiger partial charge in [-0.1, -0.05) is 24.3 Å². The second-order valence-electron chi connectivity index (χ2n) is 5.31. The lowest BCUT2D eigenvalue weighted by Crippen LogP contribution is -2.36. The first-order chi connectivity index (χ1) is 9.19. The fourth-order valence-corrected chi connectivity index (χ4v) is 2.72. The van der Waals surface area contributed by atoms with E-state index in [1.807, 2.05) is 12.1 Å². The van der Waals surface area contributed by atoms with Gasteiger partial charge >= 0.3 is 7.12 Å². The first kappa shape index (κ1) is 14.5. The van der Waals surface area contributed by atoms with E-state index in [0.717, 1.165) is 26.2 Å². The van der Waals surface area contributed by atoms with Crippen molar-refractivity contribution in [2.24, 2.45) is 5.92 Å². The van der Waals surface area contributed by atoms with Gasteiger partial charge in [0.15, 0.2) is 0 Å². The molecule has 1 heterocycles. The Morgan fingerprint density at radius 1 is 1.32 bits per heavy atom. The van der Waals surface area contributed by atoms with Crippen molar-refractivity contribution < 1.29 is 14.8 Å². The highest BCUT2D eigenvalue weighted by atomic mass is 16.5. The molecule has 1 aromatic rings. The van der Waals surface area contributed by atoms with Crippen LogP contribution in [-0.4, -0.2) is 48.9 Å². The minimum absolute atomic E-state index is 0.541. The van der Waals surface area contributed by atoms with Gasteiger partial charge in [0.05, 0.1) is 6.61 Å². The largest absolute Gasteiger partial charge is 0.488 e. The maximum Gasteiger partial charge on any atom is 0.488 e. The van der Waals surface area contributed by atoms with E-state index in [4.69, 9.17) is 14.8 Å². The molecule has 0 saturated carbocycles. The summed E-state index contributed by atoms with van der Waals surface area (Å²) in [5, 5.41) is 18.1. The SMILES string of the molecule is COCC1CCCN(Cc2ccc(B(O)O)cc2)C1. The topological polar surface area (TPSA) is 52.9 Å². The number of piperidine rings is 1. The van der Waals surface area contributed by atoms with Crippen LogP contribution in [0.2, 0.25) is 0 Å². The number of nitrogens with zero attached hydrogens (tertiary/aromatic N) is 1. The summed E-state index contributed by atoms with van der Waals surface area (Å²) in [5.41, 5.74) is 1.75. The predicted octanol–water partition coefficient (Wildman–Crippen LogP) is 0.225. The Balaban J connectivity index is 1.89. The van der Waals surface area contributed by atoms with Crippen molar-refractivity contribution in [2.45, 2.75) is 19.4 Å². The van der Waals surface area contributed by atoms with Gasteiger partial charge in [-0.05, 0) is 36.3 Å². The number of hydrogen-bond acceptors (Lipinski definition) is 4. The van der Waals surface area contributed by atoms with Crippen LogP contribution in [-0.2, 0) is 11.3 Å². The fraction of sp³-hybridized carbons (Fsp3) is 0.571. The molecule has 1 fully saturated rings. The third-order valence-corrected chi connectivity index (χ3v) is 3.69. The van der Waals surface area contributed by atoms with Crippen LogP contribution in [0.4, 0.5) is 0 Å². The summed E-state index contributed by atoms with van der Waals surface area (Å²) in [6.07, 6.45) is 2.47. The molecular formula is C14H22BNO3. The zero-order valence-electron chi connectivity index (χ0n) is 11.5. The molecule has 0 spiro atoms. The van der Waals surface area contributed by atoms with Gasteiger partial charge in [-0.3, -0.25) is 4.90 Å². The monoisotopic (exact) mass is 263 g/mol. The van der Waals surface area contributed by atoms with Crippen molar-refractivity contribution in [3.63, 3.8) is 0 Å². The molecule has 19 heavy (non-hydrogen) atoms. The van der Waals surface area contributed by atoms with Gasteiger partial charge in [0.25, 0.3) is 0 Å². The minimum atomic E-state index is -1.38. The molecule has 1 aliphatic heterocycles. The quantitative estimate of drug-likeness (QED) is 0.746. The molecular weight excluding hydrogens is 241 g/mol. The van der Waals surface area contributed by atoms with Crippen LogP contribution in [0.5, 0.6) is 0 Å². The number of benzene rings is 1. The van der Waals surface area contributed by atoms with E-state index in [1.165, 1.54) is 18.4 Å². The van der Waals surface area contributed by atoms with Gasteiger partial charge in [0.1, 0.15) is 0 Å². The Bertz CT molecular complexity index is 381. The number of ether oxygens (including phenoxy) is 1. The smallest absolute Gasteiger partial charge is 0.423 e. The molecule has 1 atom stereocenters. The normalized spacial score (nSPS) is 20.5. The summed E-state index contributed by atoms with van der Waals surface area (Å²) in [7, 11) is 0.382. The molecule has 0 aliphatic carbocycles. The van der Waals surface area contributed by atoms with E-state index in [1.54, 1.807) is 19.2 Å². The summed E-state index contributed by atoms with van der Waals surface area (Å²) in [5.74, 6) is 0.636. The summed E-state index contributed by atoms with van der Waals surface area (Å²) >= 11 is 0. The van der Waals surface area contributed by atoms with Crippen LogP contribution >= 0.6 is 0 Å². The Kier molecular flexibility index (Phi) is 5.40. The third-order valence-electron chi connectivity index (χ3n) is 3.69. The van der Waals surface area contributed by atoms with Crippen LogP contribution in [0.15, 0.2) is 24.3 Å². The molecule has 0 aromatic heterocycles. The highest BCUT2D eigenvalue weighted by Gasteiger charge is 2.19. The highest BCUT2D eigenvalue weighted by molar-refractivity contribution is 6.58. The lowest BCUT2D eigenvalue weighted by atomic mass is 9.80. The number of hydrogen-bond donors (Lipinski definition) is 2. The molecule has 104 valence electrons. The molecule has 5 heteroatoms. The van der Waals surface area contributed by atoms with Gasteiger partial charge in [-0.2, -0.15) is 0 Å². The van der Waals surface area contributed by atoms with Crippen LogP contribution in [0, 0.1) is 5.92 Å². The minimum Gasteiger partial charge on any atom is -0.423 e. The fourth-order valence-electron chi connectivity index (χ4n) is 2.72. The van der Waals surface area contributed by atoms with Gasteiger partial charge in [-0.25, -0.2) is 0 Å². The van der Waals surface area contributed by atoms with Crippen molar-refractivity contribution in [3.8, 4) is 0 Å². The van der Waals surface area contributed by atoms with E-state index in [0.29, 0.717) is 11.4 Å². The van der Waals surface area contributed by atoms with Crippen LogP contribution < -0.4 is 5.46 Å². The molecule has 1 aliphatic rings. The lowest BCUT2D eigenvalue weighted by molar-refractivity contribution is 0.0874. The molecule has 1 saturated heterocycles. The standard InChI is InChI=1S/C14H22BNO3/c1-19-11-13-3-2-8-16(10-13)9-12-4-6-14(7-5-12)15(17)18/h4-7,13,17-18H,2-3,8-11H2,1H3. The molecule has 1 unspecified atom stereocenters. The molecule has 0 bridgehead atoms. The zero-order valence-corrected chi connectivity index (χ0v) is 11.5. The second-order valence-corrected chi connectivity index (χ2v) is 5.31. The zero-order chi connectivity index (χ0) is 13.7. The first-order valence-corrected chi connectivity index (χ1v) is 6.85. The van der Waals surface area contributed by atoms with E-state index in [2.05, 4.69) is 4.90 Å².